The fourth-order valence-electron chi connectivity index (χ4n) is 1.83. The summed E-state index contributed by atoms with van der Waals surface area (Å²) in [7, 11) is 1.61. The quantitative estimate of drug-likeness (QED) is 0.719. The normalized spacial score (nSPS) is 11.9. The first-order chi connectivity index (χ1) is 9.69. The van der Waals surface area contributed by atoms with Gasteiger partial charge in [-0.05, 0) is 17.7 Å². The minimum atomic E-state index is -0.596. The Kier molecular flexibility index (Phi) is 4.73. The monoisotopic (exact) mass is 274 g/mol. The second kappa shape index (κ2) is 6.72. The van der Waals surface area contributed by atoms with Crippen LogP contribution in [0.1, 0.15) is 11.3 Å². The van der Waals surface area contributed by atoms with Crippen LogP contribution in [0.4, 0.5) is 0 Å². The molecule has 106 valence electrons. The third kappa shape index (κ3) is 3.83. The molecule has 2 rings (SSSR count). The maximum absolute atomic E-state index is 11.9. The number of nitrogens with one attached hydrogen (secondary N) is 2. The molecule has 1 aromatic carbocycles. The summed E-state index contributed by atoms with van der Waals surface area (Å²) in [6.45, 7) is 0.423. The Bertz CT molecular complexity index is 554. The van der Waals surface area contributed by atoms with Gasteiger partial charge < -0.3 is 20.8 Å². The van der Waals surface area contributed by atoms with E-state index in [-0.39, 0.29) is 5.91 Å². The fourth-order valence-corrected chi connectivity index (χ4v) is 1.83. The van der Waals surface area contributed by atoms with Crippen molar-refractivity contribution in [1.29, 1.82) is 0 Å². The molecule has 0 bridgehead atoms. The topological polar surface area (TPSA) is 93.0 Å². The summed E-state index contributed by atoms with van der Waals surface area (Å²) in [6, 6.07) is 6.94. The number of aromatic nitrogens is 2. The average Bonchev–Trinajstić information content (AvgIpc) is 2.97. The van der Waals surface area contributed by atoms with Crippen LogP contribution in [0.2, 0.25) is 0 Å². The highest BCUT2D eigenvalue weighted by atomic mass is 16.5. The molecule has 0 unspecified atom stereocenters. The van der Waals surface area contributed by atoms with Gasteiger partial charge in [0.1, 0.15) is 5.75 Å². The molecule has 1 heterocycles. The molecule has 0 aliphatic rings. The minimum absolute atomic E-state index is 0.192. The number of nitrogens with zero attached hydrogens (tertiary/aromatic N) is 1. The van der Waals surface area contributed by atoms with Crippen molar-refractivity contribution in [2.24, 2.45) is 5.73 Å². The molecule has 4 N–H and O–H groups in total. The standard InChI is InChI=1S/C14H18N4O2/c1-20-12-4-2-3-10(5-12)7-17-14(19)13(15)6-11-8-16-9-18-11/h2-5,8-9,13H,6-7,15H2,1H3,(H,16,18)(H,17,19)/t13-/m1/s1. The van der Waals surface area contributed by atoms with Crippen molar-refractivity contribution in [3.8, 4) is 5.75 Å². The Morgan fingerprint density at radius 2 is 2.40 bits per heavy atom. The minimum Gasteiger partial charge on any atom is -0.497 e. The summed E-state index contributed by atoms with van der Waals surface area (Å²) < 4.78 is 5.13. The lowest BCUT2D eigenvalue weighted by molar-refractivity contribution is -0.122. The van der Waals surface area contributed by atoms with Crippen LogP contribution < -0.4 is 15.8 Å². The molecule has 1 atom stereocenters. The number of benzene rings is 1. The maximum Gasteiger partial charge on any atom is 0.237 e. The Balaban J connectivity index is 1.84. The molecule has 0 aliphatic heterocycles. The molecule has 20 heavy (non-hydrogen) atoms. The van der Waals surface area contributed by atoms with Gasteiger partial charge in [-0.3, -0.25) is 4.79 Å². The molecule has 2 aromatic rings. The molecular weight excluding hydrogens is 256 g/mol. The summed E-state index contributed by atoms with van der Waals surface area (Å²) in [5, 5.41) is 2.81. The molecule has 1 aromatic heterocycles. The van der Waals surface area contributed by atoms with Gasteiger partial charge in [-0.2, -0.15) is 0 Å². The van der Waals surface area contributed by atoms with E-state index in [0.29, 0.717) is 13.0 Å². The van der Waals surface area contributed by atoms with Gasteiger partial charge in [0.2, 0.25) is 5.91 Å². The van der Waals surface area contributed by atoms with Crippen molar-refractivity contribution in [3.63, 3.8) is 0 Å². The van der Waals surface area contributed by atoms with E-state index in [1.165, 1.54) is 0 Å². The van der Waals surface area contributed by atoms with Crippen molar-refractivity contribution in [3.05, 3.63) is 48.0 Å². The number of nitrogens with two attached hydrogens (primary N) is 1. The first kappa shape index (κ1) is 14.1. The van der Waals surface area contributed by atoms with Crippen molar-refractivity contribution < 1.29 is 9.53 Å². The smallest absolute Gasteiger partial charge is 0.237 e. The van der Waals surface area contributed by atoms with Crippen LogP contribution >= 0.6 is 0 Å². The van der Waals surface area contributed by atoms with E-state index in [1.807, 2.05) is 24.3 Å². The van der Waals surface area contributed by atoms with Gasteiger partial charge in [-0.25, -0.2) is 4.98 Å². The highest BCUT2D eigenvalue weighted by Gasteiger charge is 2.14. The van der Waals surface area contributed by atoms with Gasteiger partial charge >= 0.3 is 0 Å². The van der Waals surface area contributed by atoms with E-state index in [4.69, 9.17) is 10.5 Å². The first-order valence-electron chi connectivity index (χ1n) is 6.32. The number of rotatable bonds is 6. The van der Waals surface area contributed by atoms with Crippen molar-refractivity contribution in [1.82, 2.24) is 15.3 Å². The van der Waals surface area contributed by atoms with Crippen LogP contribution in [0.3, 0.4) is 0 Å². The number of carbonyl (C=O) groups excluding carboxylic acids is 1. The number of imidazole rings is 1. The van der Waals surface area contributed by atoms with E-state index < -0.39 is 6.04 Å². The SMILES string of the molecule is COc1cccc(CNC(=O)[C@H](N)Cc2cnc[nH]2)c1. The van der Waals surface area contributed by atoms with E-state index >= 15 is 0 Å². The van der Waals surface area contributed by atoms with Crippen molar-refractivity contribution in [2.45, 2.75) is 19.0 Å². The highest BCUT2D eigenvalue weighted by molar-refractivity contribution is 5.81. The fraction of sp³-hybridized carbons (Fsp3) is 0.286. The molecule has 0 aliphatic carbocycles. The molecule has 0 fully saturated rings. The third-order valence-corrected chi connectivity index (χ3v) is 2.93. The molecular formula is C14H18N4O2. The molecule has 6 nitrogen and oxygen atoms in total. The molecule has 1 amide bonds. The Hall–Kier alpha value is -2.34. The van der Waals surface area contributed by atoms with Gasteiger partial charge in [0.25, 0.3) is 0 Å². The van der Waals surface area contributed by atoms with Crippen molar-refractivity contribution in [2.75, 3.05) is 7.11 Å². The summed E-state index contributed by atoms with van der Waals surface area (Å²) in [4.78, 5) is 18.7. The molecule has 0 radical (unpaired) electrons. The Morgan fingerprint density at radius 1 is 1.55 bits per heavy atom. The number of H-pyrrole nitrogens is 1. The van der Waals surface area contributed by atoms with Gasteiger partial charge in [0.05, 0.1) is 19.5 Å². The van der Waals surface area contributed by atoms with Crippen LogP contribution in [0.25, 0.3) is 0 Å². The van der Waals surface area contributed by atoms with Crippen LogP contribution in [0, 0.1) is 0 Å². The largest absolute Gasteiger partial charge is 0.497 e. The van der Waals surface area contributed by atoms with Crippen LogP contribution in [0.5, 0.6) is 5.75 Å². The van der Waals surface area contributed by atoms with Crippen LogP contribution in [0.15, 0.2) is 36.8 Å². The number of amides is 1. The van der Waals surface area contributed by atoms with Gasteiger partial charge in [0.15, 0.2) is 0 Å². The van der Waals surface area contributed by atoms with E-state index in [1.54, 1.807) is 19.6 Å². The van der Waals surface area contributed by atoms with E-state index in [9.17, 15) is 4.79 Å². The Labute approximate surface area is 117 Å². The lowest BCUT2D eigenvalue weighted by Crippen LogP contribution is -2.41. The van der Waals surface area contributed by atoms with Crippen molar-refractivity contribution >= 4 is 5.91 Å². The number of ether oxygens (including phenoxy) is 1. The predicted molar refractivity (Wildman–Crippen MR) is 75.1 cm³/mol. The molecule has 0 saturated heterocycles. The summed E-state index contributed by atoms with van der Waals surface area (Å²) in [5.74, 6) is 0.570. The first-order valence-corrected chi connectivity index (χ1v) is 6.32. The lowest BCUT2D eigenvalue weighted by Gasteiger charge is -2.11. The van der Waals surface area contributed by atoms with Gasteiger partial charge in [0, 0.05) is 24.9 Å². The predicted octanol–water partition coefficient (Wildman–Crippen LogP) is 0.604. The van der Waals surface area contributed by atoms with Crippen LogP contribution in [-0.4, -0.2) is 29.0 Å². The van der Waals surface area contributed by atoms with E-state index in [2.05, 4.69) is 15.3 Å². The lowest BCUT2D eigenvalue weighted by atomic mass is 10.1. The maximum atomic E-state index is 11.9. The second-order valence-corrected chi connectivity index (χ2v) is 4.46. The van der Waals surface area contributed by atoms with Crippen LogP contribution in [-0.2, 0) is 17.8 Å². The third-order valence-electron chi connectivity index (χ3n) is 2.93. The molecule has 0 spiro atoms. The number of methoxy groups -OCH3 is 1. The van der Waals surface area contributed by atoms with E-state index in [0.717, 1.165) is 17.0 Å². The number of aromatic amines is 1. The molecule has 6 heteroatoms. The number of hydrogen-bond acceptors (Lipinski definition) is 4. The summed E-state index contributed by atoms with van der Waals surface area (Å²) in [6.07, 6.45) is 3.66. The summed E-state index contributed by atoms with van der Waals surface area (Å²) in [5.41, 5.74) is 7.65. The second-order valence-electron chi connectivity index (χ2n) is 4.46. The summed E-state index contributed by atoms with van der Waals surface area (Å²) >= 11 is 0. The average molecular weight is 274 g/mol. The Morgan fingerprint density at radius 3 is 3.10 bits per heavy atom. The number of hydrogen-bond donors (Lipinski definition) is 3. The van der Waals surface area contributed by atoms with Gasteiger partial charge in [-0.15, -0.1) is 0 Å². The molecule has 0 saturated carbocycles. The van der Waals surface area contributed by atoms with Gasteiger partial charge in [-0.1, -0.05) is 12.1 Å². The zero-order valence-electron chi connectivity index (χ0n) is 11.3. The zero-order valence-corrected chi connectivity index (χ0v) is 11.3. The highest BCUT2D eigenvalue weighted by Crippen LogP contribution is 2.12. The zero-order chi connectivity index (χ0) is 14.4. The number of carbonyl (C=O) groups is 1.